The number of hydrogen-bond donors (Lipinski definition) is 2. The number of aromatic nitrogens is 1. The van der Waals surface area contributed by atoms with Gasteiger partial charge in [-0.2, -0.15) is 0 Å². The lowest BCUT2D eigenvalue weighted by Crippen LogP contribution is -2.27. The highest BCUT2D eigenvalue weighted by atomic mass is 16.5. The Balaban J connectivity index is 1.73. The fraction of sp³-hybridized carbons (Fsp3) is 0.217. The van der Waals surface area contributed by atoms with Crippen LogP contribution in [0.1, 0.15) is 42.9 Å². The summed E-state index contributed by atoms with van der Waals surface area (Å²) in [4.78, 5) is 16.8. The second-order valence-electron chi connectivity index (χ2n) is 6.82. The maximum absolute atomic E-state index is 12.6. The average Bonchev–Trinajstić information content (AvgIpc) is 2.70. The zero-order chi connectivity index (χ0) is 19.9. The van der Waals surface area contributed by atoms with Crippen LogP contribution in [-0.2, 0) is 0 Å². The van der Waals surface area contributed by atoms with Crippen molar-refractivity contribution in [3.05, 3.63) is 84.2 Å². The van der Waals surface area contributed by atoms with Crippen LogP contribution in [0.4, 0.5) is 11.4 Å². The van der Waals surface area contributed by atoms with Crippen molar-refractivity contribution in [2.75, 3.05) is 5.32 Å². The van der Waals surface area contributed by atoms with E-state index in [0.717, 1.165) is 22.7 Å². The molecule has 0 aliphatic rings. The molecule has 144 valence electrons. The number of carbonyl (C=O) groups is 1. The molecule has 0 radical (unpaired) electrons. The van der Waals surface area contributed by atoms with Gasteiger partial charge in [0, 0.05) is 11.9 Å². The largest absolute Gasteiger partial charge is 0.489 e. The summed E-state index contributed by atoms with van der Waals surface area (Å²) in [6.07, 6.45) is 1.69. The zero-order valence-electron chi connectivity index (χ0n) is 16.3. The number of para-hydroxylation sites is 2. The van der Waals surface area contributed by atoms with Gasteiger partial charge in [0.25, 0.3) is 5.91 Å². The molecule has 3 rings (SSSR count). The smallest absolute Gasteiger partial charge is 0.270 e. The van der Waals surface area contributed by atoms with E-state index < -0.39 is 0 Å². The van der Waals surface area contributed by atoms with Gasteiger partial charge in [0.15, 0.2) is 0 Å². The molecule has 1 aromatic heterocycles. The molecule has 1 amide bonds. The van der Waals surface area contributed by atoms with E-state index in [1.165, 1.54) is 0 Å². The maximum Gasteiger partial charge on any atom is 0.270 e. The van der Waals surface area contributed by atoms with Gasteiger partial charge in [0.2, 0.25) is 0 Å². The van der Waals surface area contributed by atoms with Gasteiger partial charge < -0.3 is 15.4 Å². The maximum atomic E-state index is 12.6. The van der Waals surface area contributed by atoms with Gasteiger partial charge in [-0.25, -0.2) is 0 Å². The third-order valence-corrected chi connectivity index (χ3v) is 4.17. The van der Waals surface area contributed by atoms with Crippen molar-refractivity contribution in [1.82, 2.24) is 10.3 Å². The molecule has 0 aliphatic heterocycles. The Morgan fingerprint density at radius 1 is 0.964 bits per heavy atom. The van der Waals surface area contributed by atoms with Crippen LogP contribution in [0.15, 0.2) is 72.9 Å². The summed E-state index contributed by atoms with van der Waals surface area (Å²) in [6, 6.07) is 21.0. The summed E-state index contributed by atoms with van der Waals surface area (Å²) in [6.45, 7) is 5.92. The van der Waals surface area contributed by atoms with Crippen molar-refractivity contribution in [1.29, 1.82) is 0 Å². The summed E-state index contributed by atoms with van der Waals surface area (Å²) in [5.74, 6) is 0.546. The number of carbonyl (C=O) groups excluding carboxylic acids is 1. The number of benzene rings is 2. The van der Waals surface area contributed by atoms with E-state index in [0.29, 0.717) is 5.69 Å². The molecule has 3 aromatic rings. The number of ether oxygens (including phenoxy) is 1. The topological polar surface area (TPSA) is 63.2 Å². The zero-order valence-corrected chi connectivity index (χ0v) is 16.3. The molecular formula is C23H25N3O2. The number of nitrogens with zero attached hydrogens (tertiary/aromatic N) is 1. The molecule has 0 fully saturated rings. The van der Waals surface area contributed by atoms with E-state index in [-0.39, 0.29) is 18.1 Å². The first-order valence-electron chi connectivity index (χ1n) is 9.37. The van der Waals surface area contributed by atoms with Crippen molar-refractivity contribution in [3.8, 4) is 5.75 Å². The lowest BCUT2D eigenvalue weighted by Gasteiger charge is -2.16. The fourth-order valence-corrected chi connectivity index (χ4v) is 2.81. The van der Waals surface area contributed by atoms with Gasteiger partial charge >= 0.3 is 0 Å². The first-order chi connectivity index (χ1) is 13.5. The molecule has 5 heteroatoms. The highest BCUT2D eigenvalue weighted by Crippen LogP contribution is 2.28. The van der Waals surface area contributed by atoms with Crippen LogP contribution in [0, 0.1) is 0 Å². The summed E-state index contributed by atoms with van der Waals surface area (Å²) < 4.78 is 5.84. The van der Waals surface area contributed by atoms with Crippen molar-refractivity contribution >= 4 is 17.3 Å². The van der Waals surface area contributed by atoms with Crippen molar-refractivity contribution in [3.63, 3.8) is 0 Å². The van der Waals surface area contributed by atoms with E-state index in [1.54, 1.807) is 12.3 Å². The van der Waals surface area contributed by atoms with Gasteiger partial charge in [0.05, 0.1) is 17.8 Å². The fourth-order valence-electron chi connectivity index (χ4n) is 2.81. The Morgan fingerprint density at radius 3 is 2.43 bits per heavy atom. The number of pyridine rings is 1. The van der Waals surface area contributed by atoms with E-state index in [1.807, 2.05) is 81.4 Å². The Kier molecular flexibility index (Phi) is 6.27. The van der Waals surface area contributed by atoms with E-state index in [4.69, 9.17) is 4.74 Å². The first-order valence-corrected chi connectivity index (χ1v) is 9.37. The minimum Gasteiger partial charge on any atom is -0.489 e. The molecule has 5 nitrogen and oxygen atoms in total. The highest BCUT2D eigenvalue weighted by Gasteiger charge is 2.13. The van der Waals surface area contributed by atoms with Crippen molar-refractivity contribution < 1.29 is 9.53 Å². The van der Waals surface area contributed by atoms with Gasteiger partial charge in [-0.3, -0.25) is 9.78 Å². The Morgan fingerprint density at radius 2 is 1.68 bits per heavy atom. The normalized spacial score (nSPS) is 11.7. The van der Waals surface area contributed by atoms with Gasteiger partial charge in [-0.05, 0) is 50.6 Å². The van der Waals surface area contributed by atoms with Crippen molar-refractivity contribution in [2.24, 2.45) is 0 Å². The van der Waals surface area contributed by atoms with E-state index in [9.17, 15) is 4.79 Å². The highest BCUT2D eigenvalue weighted by molar-refractivity contribution is 5.93. The second kappa shape index (κ2) is 9.04. The molecule has 0 aliphatic carbocycles. The number of rotatable bonds is 7. The molecule has 1 atom stereocenters. The van der Waals surface area contributed by atoms with Crippen LogP contribution < -0.4 is 15.4 Å². The van der Waals surface area contributed by atoms with Crippen LogP contribution in [0.25, 0.3) is 0 Å². The number of anilines is 2. The molecule has 1 heterocycles. The molecule has 0 bridgehead atoms. The van der Waals surface area contributed by atoms with Crippen LogP contribution in [0.5, 0.6) is 5.75 Å². The number of nitrogens with one attached hydrogen (secondary N) is 2. The monoisotopic (exact) mass is 375 g/mol. The third-order valence-electron chi connectivity index (χ3n) is 4.17. The van der Waals surface area contributed by atoms with Crippen LogP contribution >= 0.6 is 0 Å². The molecule has 2 aromatic carbocycles. The van der Waals surface area contributed by atoms with Gasteiger partial charge in [-0.1, -0.05) is 42.5 Å². The molecule has 28 heavy (non-hydrogen) atoms. The Hall–Kier alpha value is -3.34. The summed E-state index contributed by atoms with van der Waals surface area (Å²) in [5.41, 5.74) is 3.01. The quantitative estimate of drug-likeness (QED) is 0.603. The number of hydrogen-bond acceptors (Lipinski definition) is 4. The molecule has 0 saturated heterocycles. The Bertz CT molecular complexity index is 926. The van der Waals surface area contributed by atoms with Crippen LogP contribution in [0.3, 0.4) is 0 Å². The summed E-state index contributed by atoms with van der Waals surface area (Å²) in [5, 5.41) is 6.30. The van der Waals surface area contributed by atoms with Gasteiger partial charge in [0.1, 0.15) is 11.4 Å². The summed E-state index contributed by atoms with van der Waals surface area (Å²) >= 11 is 0. The molecular weight excluding hydrogens is 350 g/mol. The molecule has 2 N–H and O–H groups in total. The Labute approximate surface area is 165 Å². The minimum atomic E-state index is -0.216. The summed E-state index contributed by atoms with van der Waals surface area (Å²) in [7, 11) is 0. The lowest BCUT2D eigenvalue weighted by molar-refractivity contribution is 0.0935. The molecule has 0 saturated carbocycles. The number of amides is 1. The average molecular weight is 375 g/mol. The second-order valence-corrected chi connectivity index (χ2v) is 6.82. The van der Waals surface area contributed by atoms with Gasteiger partial charge in [-0.15, -0.1) is 0 Å². The predicted octanol–water partition coefficient (Wildman–Crippen LogP) is 5.10. The molecule has 0 spiro atoms. The van der Waals surface area contributed by atoms with E-state index >= 15 is 0 Å². The van der Waals surface area contributed by atoms with Crippen molar-refractivity contribution in [2.45, 2.75) is 32.9 Å². The SMILES string of the molecule is CC(C)Oc1ccccc1Nc1ccnc(C(=O)NC(C)c2ccccc2)c1. The third kappa shape index (κ3) is 5.10. The van der Waals surface area contributed by atoms with Crippen LogP contribution in [-0.4, -0.2) is 17.0 Å². The molecule has 1 unspecified atom stereocenters. The predicted molar refractivity (Wildman–Crippen MR) is 112 cm³/mol. The van der Waals surface area contributed by atoms with Crippen LogP contribution in [0.2, 0.25) is 0 Å². The standard InChI is InChI=1S/C23H25N3O2/c1-16(2)28-22-12-8-7-11-20(22)26-19-13-14-24-21(15-19)23(27)25-17(3)18-9-5-4-6-10-18/h4-17H,1-3H3,(H,24,26)(H,25,27). The van der Waals surface area contributed by atoms with E-state index in [2.05, 4.69) is 15.6 Å². The lowest BCUT2D eigenvalue weighted by atomic mass is 10.1. The minimum absolute atomic E-state index is 0.0706. The first kappa shape index (κ1) is 19.4.